The van der Waals surface area contributed by atoms with E-state index in [4.69, 9.17) is 0 Å². The minimum Gasteiger partial charge on any atom is -0.326 e. The number of carbonyl (C=O) groups is 1. The normalized spacial score (nSPS) is 21.0. The molecule has 1 amide bonds. The van der Waals surface area contributed by atoms with Gasteiger partial charge in [0.15, 0.2) is 0 Å². The van der Waals surface area contributed by atoms with Crippen LogP contribution in [0, 0.1) is 17.6 Å². The van der Waals surface area contributed by atoms with Gasteiger partial charge < -0.3 is 5.32 Å². The van der Waals surface area contributed by atoms with E-state index in [2.05, 4.69) is 10.0 Å². The van der Waals surface area contributed by atoms with E-state index in [-0.39, 0.29) is 6.04 Å². The van der Waals surface area contributed by atoms with E-state index >= 15 is 0 Å². The topological polar surface area (TPSA) is 75.3 Å². The fourth-order valence-corrected chi connectivity index (χ4v) is 3.97. The Labute approximate surface area is 159 Å². The molecule has 1 aliphatic rings. The van der Waals surface area contributed by atoms with Crippen LogP contribution in [-0.2, 0) is 21.0 Å². The summed E-state index contributed by atoms with van der Waals surface area (Å²) >= 11 is 0. The molecule has 28 heavy (non-hydrogen) atoms. The van der Waals surface area contributed by atoms with Crippen LogP contribution in [0.25, 0.3) is 0 Å². The first kappa shape index (κ1) is 22.5. The smallest absolute Gasteiger partial charge is 0.326 e. The number of anilines is 1. The second-order valence-electron chi connectivity index (χ2n) is 7.06. The van der Waals surface area contributed by atoms with Gasteiger partial charge in [0.1, 0.15) is 17.2 Å². The van der Waals surface area contributed by atoms with E-state index in [0.29, 0.717) is 37.8 Å². The average Bonchev–Trinajstić information content (AvgIpc) is 2.52. The lowest BCUT2D eigenvalue weighted by atomic mass is 9.86. The standard InChI is InChI=1S/C17H21F5N2O3S/c1-9(2)28(26,27)24-11-5-3-10(4-6-11)16(25)23-12-7-13(18)15(14(19)8-12)17(20,21)22/h7-11,24H,3-6H2,1-2H3,(H,23,25). The largest absolute Gasteiger partial charge is 0.422 e. The van der Waals surface area contributed by atoms with Crippen LogP contribution in [0.2, 0.25) is 0 Å². The van der Waals surface area contributed by atoms with Crippen LogP contribution in [0.1, 0.15) is 45.1 Å². The van der Waals surface area contributed by atoms with E-state index in [1.165, 1.54) is 0 Å². The third-order valence-corrected chi connectivity index (χ3v) is 6.55. The van der Waals surface area contributed by atoms with E-state index < -0.39 is 56.2 Å². The second-order valence-corrected chi connectivity index (χ2v) is 9.33. The van der Waals surface area contributed by atoms with E-state index in [9.17, 15) is 35.2 Å². The Hall–Kier alpha value is -1.75. The molecule has 0 unspecified atom stereocenters. The Morgan fingerprint density at radius 3 is 2.00 bits per heavy atom. The number of nitrogens with one attached hydrogen (secondary N) is 2. The van der Waals surface area contributed by atoms with Gasteiger partial charge in [-0.1, -0.05) is 0 Å². The molecule has 0 spiro atoms. The van der Waals surface area contributed by atoms with E-state index in [0.717, 1.165) is 0 Å². The SMILES string of the molecule is CC(C)S(=O)(=O)NC1CCC(C(=O)Nc2cc(F)c(C(F)(F)F)c(F)c2)CC1. The summed E-state index contributed by atoms with van der Waals surface area (Å²) < 4.78 is 91.3. The summed E-state index contributed by atoms with van der Waals surface area (Å²) in [5.74, 6) is -4.74. The minimum atomic E-state index is -5.18. The lowest BCUT2D eigenvalue weighted by Gasteiger charge is -2.28. The molecule has 11 heteroatoms. The van der Waals surface area contributed by atoms with Crippen molar-refractivity contribution >= 4 is 21.6 Å². The van der Waals surface area contributed by atoms with Crippen LogP contribution in [0.15, 0.2) is 12.1 Å². The first-order chi connectivity index (χ1) is 12.8. The maximum atomic E-state index is 13.6. The van der Waals surface area contributed by atoms with Gasteiger partial charge in [0.25, 0.3) is 0 Å². The Kier molecular flexibility index (Phi) is 6.70. The van der Waals surface area contributed by atoms with Gasteiger partial charge in [0.2, 0.25) is 15.9 Å². The fraction of sp³-hybridized carbons (Fsp3) is 0.588. The predicted molar refractivity (Wildman–Crippen MR) is 92.9 cm³/mol. The Morgan fingerprint density at radius 2 is 1.57 bits per heavy atom. The number of halogens is 5. The van der Waals surface area contributed by atoms with Crippen molar-refractivity contribution in [1.82, 2.24) is 4.72 Å². The molecule has 1 aliphatic carbocycles. The van der Waals surface area contributed by atoms with Gasteiger partial charge in [-0.25, -0.2) is 21.9 Å². The first-order valence-corrected chi connectivity index (χ1v) is 10.2. The summed E-state index contributed by atoms with van der Waals surface area (Å²) in [6.07, 6.45) is -3.70. The molecule has 158 valence electrons. The maximum absolute atomic E-state index is 13.6. The highest BCUT2D eigenvalue weighted by atomic mass is 32.2. The zero-order valence-electron chi connectivity index (χ0n) is 15.2. The van der Waals surface area contributed by atoms with Gasteiger partial charge >= 0.3 is 6.18 Å². The van der Waals surface area contributed by atoms with Crippen LogP contribution in [0.5, 0.6) is 0 Å². The summed E-state index contributed by atoms with van der Waals surface area (Å²) in [6, 6.07) is 0.538. The lowest BCUT2D eigenvalue weighted by molar-refractivity contribution is -0.142. The van der Waals surface area contributed by atoms with E-state index in [1.54, 1.807) is 13.8 Å². The lowest BCUT2D eigenvalue weighted by Crippen LogP contribution is -2.42. The summed E-state index contributed by atoms with van der Waals surface area (Å²) in [5.41, 5.74) is -2.42. The molecular formula is C17H21F5N2O3S. The van der Waals surface area contributed by atoms with Crippen LogP contribution < -0.4 is 10.0 Å². The number of sulfonamides is 1. The summed E-state index contributed by atoms with van der Waals surface area (Å²) in [7, 11) is -3.44. The molecule has 0 aliphatic heterocycles. The van der Waals surface area contributed by atoms with Crippen molar-refractivity contribution in [3.63, 3.8) is 0 Å². The second kappa shape index (κ2) is 8.32. The minimum absolute atomic E-state index is 0.308. The third kappa shape index (κ3) is 5.40. The molecule has 0 saturated heterocycles. The van der Waals surface area contributed by atoms with Crippen LogP contribution in [0.3, 0.4) is 0 Å². The van der Waals surface area contributed by atoms with Gasteiger partial charge in [0.05, 0.1) is 5.25 Å². The summed E-state index contributed by atoms with van der Waals surface area (Å²) in [5, 5.41) is 1.64. The predicted octanol–water partition coefficient (Wildman–Crippen LogP) is 3.81. The average molecular weight is 428 g/mol. The molecule has 2 rings (SSSR count). The molecule has 1 aromatic rings. The summed E-state index contributed by atoms with van der Waals surface area (Å²) in [4.78, 5) is 12.3. The number of benzene rings is 1. The fourth-order valence-electron chi connectivity index (χ4n) is 3.00. The Balaban J connectivity index is 1.98. The number of hydrogen-bond acceptors (Lipinski definition) is 3. The van der Waals surface area contributed by atoms with Crippen LogP contribution >= 0.6 is 0 Å². The van der Waals surface area contributed by atoms with Crippen molar-refractivity contribution in [1.29, 1.82) is 0 Å². The van der Waals surface area contributed by atoms with Crippen molar-refractivity contribution in [2.45, 2.75) is 57.0 Å². The molecular weight excluding hydrogens is 407 g/mol. The van der Waals surface area contributed by atoms with Gasteiger partial charge in [-0.05, 0) is 51.7 Å². The molecule has 0 bridgehead atoms. The highest BCUT2D eigenvalue weighted by Crippen LogP contribution is 2.35. The Morgan fingerprint density at radius 1 is 1.07 bits per heavy atom. The molecule has 5 nitrogen and oxygen atoms in total. The quantitative estimate of drug-likeness (QED) is 0.701. The highest BCUT2D eigenvalue weighted by Gasteiger charge is 2.38. The number of hydrogen-bond donors (Lipinski definition) is 2. The molecule has 0 atom stereocenters. The van der Waals surface area contributed by atoms with Gasteiger partial charge in [-0.3, -0.25) is 4.79 Å². The van der Waals surface area contributed by atoms with Crippen molar-refractivity contribution < 1.29 is 35.2 Å². The van der Waals surface area contributed by atoms with Crippen molar-refractivity contribution in [2.24, 2.45) is 5.92 Å². The zero-order chi connectivity index (χ0) is 21.3. The molecule has 0 aromatic heterocycles. The number of alkyl halides is 3. The maximum Gasteiger partial charge on any atom is 0.422 e. The summed E-state index contributed by atoms with van der Waals surface area (Å²) in [6.45, 7) is 3.09. The van der Waals surface area contributed by atoms with Crippen LogP contribution in [-0.4, -0.2) is 25.6 Å². The van der Waals surface area contributed by atoms with Gasteiger partial charge in [-0.15, -0.1) is 0 Å². The van der Waals surface area contributed by atoms with Crippen molar-refractivity contribution in [2.75, 3.05) is 5.32 Å². The van der Waals surface area contributed by atoms with Gasteiger partial charge in [0, 0.05) is 17.6 Å². The Bertz CT molecular complexity index is 809. The first-order valence-electron chi connectivity index (χ1n) is 8.69. The van der Waals surface area contributed by atoms with E-state index in [1.807, 2.05) is 0 Å². The van der Waals surface area contributed by atoms with Crippen LogP contribution in [0.4, 0.5) is 27.6 Å². The molecule has 1 aromatic carbocycles. The molecule has 0 heterocycles. The van der Waals surface area contributed by atoms with Crippen molar-refractivity contribution in [3.8, 4) is 0 Å². The monoisotopic (exact) mass is 428 g/mol. The molecule has 1 saturated carbocycles. The highest BCUT2D eigenvalue weighted by molar-refractivity contribution is 7.90. The zero-order valence-corrected chi connectivity index (χ0v) is 16.1. The molecule has 1 fully saturated rings. The van der Waals surface area contributed by atoms with Gasteiger partial charge in [-0.2, -0.15) is 13.2 Å². The third-order valence-electron chi connectivity index (χ3n) is 4.64. The van der Waals surface area contributed by atoms with Crippen molar-refractivity contribution in [3.05, 3.63) is 29.3 Å². The number of amides is 1. The molecule has 0 radical (unpaired) electrons. The number of rotatable bonds is 5. The molecule has 2 N–H and O–H groups in total. The number of carbonyl (C=O) groups excluding carboxylic acids is 1.